The number of nitriles is 1. The number of hydrogen-bond acceptors (Lipinski definition) is 8. The van der Waals surface area contributed by atoms with E-state index in [1.807, 2.05) is 42.5 Å². The number of ether oxygens (including phenoxy) is 2. The Balaban J connectivity index is 1.88. The van der Waals surface area contributed by atoms with Crippen LogP contribution in [-0.2, 0) is 19.1 Å². The third-order valence-corrected chi connectivity index (χ3v) is 6.38. The normalized spacial score (nSPS) is 15.6. The first kappa shape index (κ1) is 23.6. The predicted molar refractivity (Wildman–Crippen MR) is 139 cm³/mol. The number of hydrogen-bond donors (Lipinski definition) is 1. The van der Waals surface area contributed by atoms with E-state index in [9.17, 15) is 14.9 Å². The van der Waals surface area contributed by atoms with Crippen LogP contribution < -0.4 is 10.6 Å². The summed E-state index contributed by atoms with van der Waals surface area (Å²) in [7, 11) is 2.43. The fourth-order valence-electron chi connectivity index (χ4n) is 4.73. The summed E-state index contributed by atoms with van der Waals surface area (Å²) in [5.41, 5.74) is 8.84. The molecule has 0 saturated carbocycles. The molecule has 37 heavy (non-hydrogen) atoms. The van der Waals surface area contributed by atoms with E-state index in [0.29, 0.717) is 16.8 Å². The first-order valence-electron chi connectivity index (χ1n) is 11.4. The van der Waals surface area contributed by atoms with Gasteiger partial charge in [-0.25, -0.2) is 14.6 Å². The van der Waals surface area contributed by atoms with Gasteiger partial charge in [0.15, 0.2) is 0 Å². The van der Waals surface area contributed by atoms with Crippen LogP contribution in [0, 0.1) is 11.3 Å². The maximum Gasteiger partial charge on any atom is 0.355 e. The molecule has 8 heteroatoms. The Bertz CT molecular complexity index is 1670. The SMILES string of the molecule is COC(=O)C1=C(C(=O)OC)N(c2cccc3cc4ccccc4nc23)C(N)=C(C#N)C1c1ccccc1. The minimum absolute atomic E-state index is 0.00753. The zero-order valence-electron chi connectivity index (χ0n) is 20.1. The number of fused-ring (bicyclic) bond motifs is 2. The summed E-state index contributed by atoms with van der Waals surface area (Å²) in [6, 6.07) is 26.1. The van der Waals surface area contributed by atoms with Gasteiger partial charge in [-0.2, -0.15) is 5.26 Å². The summed E-state index contributed by atoms with van der Waals surface area (Å²) >= 11 is 0. The number of carbonyl (C=O) groups is 2. The van der Waals surface area contributed by atoms with Gasteiger partial charge in [-0.15, -0.1) is 0 Å². The lowest BCUT2D eigenvalue weighted by atomic mass is 9.81. The van der Waals surface area contributed by atoms with Crippen molar-refractivity contribution in [3.63, 3.8) is 0 Å². The van der Waals surface area contributed by atoms with Gasteiger partial charge >= 0.3 is 11.9 Å². The van der Waals surface area contributed by atoms with Crippen LogP contribution in [0.2, 0.25) is 0 Å². The van der Waals surface area contributed by atoms with Crippen LogP contribution >= 0.6 is 0 Å². The van der Waals surface area contributed by atoms with Gasteiger partial charge in [0.2, 0.25) is 0 Å². The molecule has 1 aliphatic heterocycles. The van der Waals surface area contributed by atoms with Crippen LogP contribution in [0.25, 0.3) is 21.8 Å². The average molecular weight is 491 g/mol. The van der Waals surface area contributed by atoms with Crippen LogP contribution in [0.15, 0.2) is 102 Å². The highest BCUT2D eigenvalue weighted by Crippen LogP contribution is 2.44. The Morgan fingerprint density at radius 1 is 0.919 bits per heavy atom. The van der Waals surface area contributed by atoms with Gasteiger partial charge in [-0.1, -0.05) is 60.7 Å². The first-order chi connectivity index (χ1) is 18.0. The molecule has 8 nitrogen and oxygen atoms in total. The number of allylic oxidation sites excluding steroid dienone is 1. The Labute approximate surface area is 212 Å². The molecule has 2 N–H and O–H groups in total. The summed E-state index contributed by atoms with van der Waals surface area (Å²) < 4.78 is 10.2. The van der Waals surface area contributed by atoms with Gasteiger partial charge in [0.1, 0.15) is 11.5 Å². The smallest absolute Gasteiger partial charge is 0.355 e. The highest BCUT2D eigenvalue weighted by atomic mass is 16.5. The second kappa shape index (κ2) is 9.47. The lowest BCUT2D eigenvalue weighted by Crippen LogP contribution is -2.40. The molecular weight excluding hydrogens is 468 g/mol. The maximum atomic E-state index is 13.3. The number of para-hydroxylation sites is 2. The van der Waals surface area contributed by atoms with Crippen LogP contribution in [0.4, 0.5) is 5.69 Å². The summed E-state index contributed by atoms with van der Waals surface area (Å²) in [5.74, 6) is -2.53. The molecule has 2 heterocycles. The van der Waals surface area contributed by atoms with Crippen molar-refractivity contribution in [1.82, 2.24) is 4.98 Å². The topological polar surface area (TPSA) is 119 Å². The number of anilines is 1. The van der Waals surface area contributed by atoms with Crippen molar-refractivity contribution in [2.75, 3.05) is 19.1 Å². The number of nitrogens with two attached hydrogens (primary N) is 1. The largest absolute Gasteiger partial charge is 0.466 e. The summed E-state index contributed by atoms with van der Waals surface area (Å²) in [4.78, 5) is 32.8. The van der Waals surface area contributed by atoms with Crippen LogP contribution in [0.1, 0.15) is 11.5 Å². The number of nitrogens with zero attached hydrogens (tertiary/aromatic N) is 3. The van der Waals surface area contributed by atoms with Gasteiger partial charge < -0.3 is 15.2 Å². The van der Waals surface area contributed by atoms with E-state index in [4.69, 9.17) is 20.2 Å². The number of methoxy groups -OCH3 is 2. The molecule has 3 aromatic carbocycles. The monoisotopic (exact) mass is 490 g/mol. The Morgan fingerprint density at radius 3 is 2.30 bits per heavy atom. The zero-order chi connectivity index (χ0) is 26.1. The third kappa shape index (κ3) is 3.83. The lowest BCUT2D eigenvalue weighted by molar-refractivity contribution is -0.139. The van der Waals surface area contributed by atoms with Crippen LogP contribution in [0.3, 0.4) is 0 Å². The molecule has 4 aromatic rings. The van der Waals surface area contributed by atoms with Crippen LogP contribution in [-0.4, -0.2) is 31.1 Å². The van der Waals surface area contributed by atoms with E-state index < -0.39 is 17.9 Å². The number of benzene rings is 3. The molecule has 0 saturated heterocycles. The van der Waals surface area contributed by atoms with E-state index in [0.717, 1.165) is 16.3 Å². The molecule has 0 bridgehead atoms. The molecule has 0 fully saturated rings. The molecule has 5 rings (SSSR count). The number of aromatic nitrogens is 1. The van der Waals surface area contributed by atoms with E-state index >= 15 is 0 Å². The molecule has 1 atom stereocenters. The standard InChI is InChI=1S/C29H22N4O4/c1-36-28(34)24-23(17-9-4-3-5-10-17)20(16-30)27(31)33(26(24)29(35)37-2)22-14-8-12-19-15-18-11-6-7-13-21(18)32-25(19)22/h3-15,23H,31H2,1-2H3. The minimum Gasteiger partial charge on any atom is -0.466 e. The molecule has 1 aliphatic rings. The molecule has 182 valence electrons. The highest BCUT2D eigenvalue weighted by molar-refractivity contribution is 6.09. The molecule has 1 aromatic heterocycles. The molecule has 0 spiro atoms. The average Bonchev–Trinajstić information content (AvgIpc) is 2.94. The summed E-state index contributed by atoms with van der Waals surface area (Å²) in [5, 5.41) is 12.0. The fraction of sp³-hybridized carbons (Fsp3) is 0.103. The Hall–Kier alpha value is -5.16. The second-order valence-corrected chi connectivity index (χ2v) is 8.37. The quantitative estimate of drug-likeness (QED) is 0.333. The van der Waals surface area contributed by atoms with Crippen molar-refractivity contribution in [3.05, 3.63) is 107 Å². The minimum atomic E-state index is -0.937. The Kier molecular flexibility index (Phi) is 6.04. The highest BCUT2D eigenvalue weighted by Gasteiger charge is 2.43. The van der Waals surface area contributed by atoms with Crippen molar-refractivity contribution < 1.29 is 19.1 Å². The fourth-order valence-corrected chi connectivity index (χ4v) is 4.73. The van der Waals surface area contributed by atoms with Gasteiger partial charge in [0, 0.05) is 10.8 Å². The van der Waals surface area contributed by atoms with Gasteiger partial charge in [0.05, 0.1) is 54.1 Å². The van der Waals surface area contributed by atoms with Crippen molar-refractivity contribution in [2.45, 2.75) is 5.92 Å². The summed E-state index contributed by atoms with van der Waals surface area (Å²) in [6.45, 7) is 0. The number of esters is 2. The van der Waals surface area contributed by atoms with Gasteiger partial charge in [0.25, 0.3) is 0 Å². The van der Waals surface area contributed by atoms with E-state index in [1.165, 1.54) is 19.1 Å². The third-order valence-electron chi connectivity index (χ3n) is 6.38. The number of pyridine rings is 1. The van der Waals surface area contributed by atoms with Gasteiger partial charge in [-0.3, -0.25) is 4.90 Å². The van der Waals surface area contributed by atoms with E-state index in [1.54, 1.807) is 36.4 Å². The zero-order valence-corrected chi connectivity index (χ0v) is 20.1. The van der Waals surface area contributed by atoms with Crippen LogP contribution in [0.5, 0.6) is 0 Å². The van der Waals surface area contributed by atoms with Crippen molar-refractivity contribution in [2.24, 2.45) is 5.73 Å². The Morgan fingerprint density at radius 2 is 1.59 bits per heavy atom. The second-order valence-electron chi connectivity index (χ2n) is 8.37. The van der Waals surface area contributed by atoms with Crippen molar-refractivity contribution >= 4 is 39.4 Å². The summed E-state index contributed by atoms with van der Waals surface area (Å²) in [6.07, 6.45) is 0. The van der Waals surface area contributed by atoms with E-state index in [-0.39, 0.29) is 22.7 Å². The number of carbonyl (C=O) groups excluding carboxylic acids is 2. The van der Waals surface area contributed by atoms with Crippen molar-refractivity contribution in [1.29, 1.82) is 5.26 Å². The van der Waals surface area contributed by atoms with E-state index in [2.05, 4.69) is 6.07 Å². The van der Waals surface area contributed by atoms with Gasteiger partial charge in [-0.05, 0) is 23.8 Å². The first-order valence-corrected chi connectivity index (χ1v) is 11.4. The molecule has 1 unspecified atom stereocenters. The number of rotatable bonds is 4. The molecule has 0 amide bonds. The van der Waals surface area contributed by atoms with Crippen molar-refractivity contribution in [3.8, 4) is 6.07 Å². The molecule has 0 aliphatic carbocycles. The predicted octanol–water partition coefficient (Wildman–Crippen LogP) is 4.29. The molecule has 0 radical (unpaired) electrons. The molecular formula is C29H22N4O4. The lowest BCUT2D eigenvalue weighted by Gasteiger charge is -2.36. The maximum absolute atomic E-state index is 13.3.